The summed E-state index contributed by atoms with van der Waals surface area (Å²) in [5.41, 5.74) is 7.04. The first-order chi connectivity index (χ1) is 61.4. The van der Waals surface area contributed by atoms with Crippen LogP contribution in [0.15, 0.2) is 439 Å². The normalized spacial score (nSPS) is 18.7. The summed E-state index contributed by atoms with van der Waals surface area (Å²) in [6, 6.07) is 130. The van der Waals surface area contributed by atoms with Crippen LogP contribution < -0.4 is 55.1 Å². The summed E-state index contributed by atoms with van der Waals surface area (Å²) in [4.78, 5) is 115. The molecule has 16 nitrogen and oxygen atoms in total. The Morgan fingerprint density at radius 3 is 0.461 bits per heavy atom. The van der Waals surface area contributed by atoms with E-state index in [0.29, 0.717) is 43.1 Å². The van der Waals surface area contributed by atoms with Crippen molar-refractivity contribution in [3.8, 4) is 0 Å². The second-order valence-electron chi connectivity index (χ2n) is 31.2. The van der Waals surface area contributed by atoms with E-state index < -0.39 is 48.2 Å². The quantitative estimate of drug-likeness (QED) is 0.0809. The van der Waals surface area contributed by atoms with Crippen LogP contribution in [0.1, 0.15) is 90.8 Å². The van der Waals surface area contributed by atoms with Gasteiger partial charge in [0.15, 0.2) is 46.3 Å². The molecule has 0 amide bonds. The largest absolute Gasteiger partial charge is 2.00 e. The monoisotopic (exact) mass is 2160 g/mol. The zero-order valence-electron chi connectivity index (χ0n) is 69.4. The molecular weight excluding hydrogens is 2070 g/mol. The van der Waals surface area contributed by atoms with E-state index in [1.807, 2.05) is 231 Å². The minimum Gasteiger partial charge on any atom is 2.00 e. The van der Waals surface area contributed by atoms with E-state index in [-0.39, 0.29) is 127 Å². The second kappa shape index (κ2) is 39.6. The number of fused-ring (bicyclic) bond motifs is 8. The minimum absolute atomic E-state index is 0. The van der Waals surface area contributed by atoms with Gasteiger partial charge in [-0.05, 0) is 72.8 Å². The van der Waals surface area contributed by atoms with E-state index in [9.17, 15) is 38.4 Å². The van der Waals surface area contributed by atoms with Crippen molar-refractivity contribution in [3.63, 3.8) is 0 Å². The molecule has 8 heterocycles. The van der Waals surface area contributed by atoms with Crippen LogP contribution in [-0.2, 0) is 37.5 Å². The molecule has 0 saturated carbocycles. The Bertz CT molecular complexity index is 6700. The molecule has 0 saturated heterocycles. The topological polar surface area (TPSA) is 176 Å². The fourth-order valence-corrected chi connectivity index (χ4v) is 35.3. The van der Waals surface area contributed by atoms with E-state index in [0.717, 1.165) is 56.8 Å². The minimum atomic E-state index is -1.74. The average Bonchev–Trinajstić information content (AvgIpc) is 1.57. The maximum Gasteiger partial charge on any atom is 2.00 e. The number of aromatic nitrogens is 8. The number of nitrogens with zero attached hydrogens (tertiary/aromatic N) is 8. The van der Waals surface area contributed by atoms with E-state index in [4.69, 9.17) is 18.8 Å². The third kappa shape index (κ3) is 16.2. The molecule has 10 atom stereocenters. The first kappa shape index (κ1) is 89.9. The molecule has 0 spiro atoms. The molecule has 24 heteroatoms. The van der Waals surface area contributed by atoms with Gasteiger partial charge in [0.2, 0.25) is 0 Å². The van der Waals surface area contributed by atoms with Crippen molar-refractivity contribution < 1.29 is 37.5 Å². The van der Waals surface area contributed by atoms with Crippen LogP contribution in [0.25, 0.3) is 43.1 Å². The van der Waals surface area contributed by atoms with Gasteiger partial charge in [0.25, 0.3) is 44.5 Å². The predicted octanol–water partition coefficient (Wildman–Crippen LogP) is 19.9. The number of benzene rings is 14. The fourth-order valence-electron chi connectivity index (χ4n) is 19.4. The molecule has 4 aliphatic rings. The Hall–Kier alpha value is -11.5. The summed E-state index contributed by atoms with van der Waals surface area (Å²) in [5, 5.41) is 5.97. The number of halogens is 2. The van der Waals surface area contributed by atoms with Crippen LogP contribution in [0, 0.1) is 14.9 Å². The smallest absolute Gasteiger partial charge is 2.00 e. The maximum atomic E-state index is 14.7. The number of hydrogen-bond donors (Lipinski definition) is 0. The van der Waals surface area contributed by atoms with Crippen LogP contribution in [0.5, 0.6) is 0 Å². The summed E-state index contributed by atoms with van der Waals surface area (Å²) in [7, 11) is 3.23. The van der Waals surface area contributed by atoms with Crippen LogP contribution in [-0.4, -0.2) is 49.8 Å². The van der Waals surface area contributed by atoms with Gasteiger partial charge in [0, 0.05) is 44.5 Å². The molecule has 642 valence electrons. The molecule has 18 aromatic rings. The maximum absolute atomic E-state index is 14.7. The SMILES string of the molecule is O=c1c2ccccc2c(=O)n2n1C(c1ccccc1)[PH+](CC[PH+]1[C@H](c3ccccc3)n3c(=O)c4ccccc4c(=O)n3[C@@H]1c1ccccc1)[C@H]2c1ccccc1.O=c1c2ccccc2c(=O)n2n1[C@H](c1ccccc1)[PH+](c1ccccc1)[C@H]2c1ccccc1.O=c1c2ccccc2c(=O)n2n1[C@H](c1ccccc1)[PH+](c1ccccc1)[C@H]2c1ccccc1.[CH3-].[CH3-].[Cl][Pt][Cl].[Pt+2]. The Morgan fingerprint density at radius 1 is 0.195 bits per heavy atom. The summed E-state index contributed by atoms with van der Waals surface area (Å²) in [5.74, 6) is -2.24. The van der Waals surface area contributed by atoms with Crippen molar-refractivity contribution in [3.05, 3.63) is 543 Å². The number of rotatable bonds is 13. The molecule has 14 aromatic carbocycles. The number of hydrogen-bond acceptors (Lipinski definition) is 8. The second-order valence-corrected chi connectivity index (χ2v) is 45.2. The van der Waals surface area contributed by atoms with Crippen LogP contribution in [0.4, 0.5) is 0 Å². The van der Waals surface area contributed by atoms with E-state index in [1.54, 1.807) is 86.0 Å². The third-order valence-corrected chi connectivity index (χ3v) is 38.5. The van der Waals surface area contributed by atoms with E-state index >= 15 is 0 Å². The molecule has 0 radical (unpaired) electrons. The van der Waals surface area contributed by atoms with Gasteiger partial charge in [-0.25, -0.2) is 18.7 Å². The van der Waals surface area contributed by atoms with Crippen molar-refractivity contribution in [2.45, 2.75) is 46.3 Å². The van der Waals surface area contributed by atoms with Gasteiger partial charge < -0.3 is 14.9 Å². The molecule has 4 aromatic heterocycles. The van der Waals surface area contributed by atoms with Gasteiger partial charge in [-0.1, -0.05) is 328 Å². The van der Waals surface area contributed by atoms with Gasteiger partial charge >= 0.3 is 56.4 Å². The van der Waals surface area contributed by atoms with Crippen molar-refractivity contribution in [1.29, 1.82) is 0 Å². The van der Waals surface area contributed by atoms with Crippen LogP contribution in [0.2, 0.25) is 0 Å². The van der Waals surface area contributed by atoms with Gasteiger partial charge in [-0.15, -0.1) is 0 Å². The molecule has 0 N–H and O–H groups in total. The van der Waals surface area contributed by atoms with Crippen LogP contribution >= 0.6 is 50.5 Å². The van der Waals surface area contributed by atoms with E-state index in [2.05, 4.69) is 121 Å². The molecule has 4 aliphatic heterocycles. The summed E-state index contributed by atoms with van der Waals surface area (Å²) in [6.07, 6.45) is 1.46. The Balaban J connectivity index is 0.000000145. The summed E-state index contributed by atoms with van der Waals surface area (Å²) >= 11 is -0.472. The first-order valence-corrected chi connectivity index (χ1v) is 53.9. The molecule has 128 heavy (non-hydrogen) atoms. The third-order valence-electron chi connectivity index (χ3n) is 24.5. The van der Waals surface area contributed by atoms with E-state index in [1.165, 1.54) is 10.6 Å². The standard InChI is InChI=1S/C46H36N4O4P2.2C28H21N2O2P.2CH3.2ClH.2Pt/c51-39-35-25-13-14-26-36(35)40(52)48-44(32-19-7-2-8-20-32)55(43(47(39)48)31-17-5-1-6-18-31)29-30-56-45(33-21-9-3-10-22-33)49-41(53)37-27-15-16-28-38(37)42(54)50(49)46(56)34-23-11-4-12-24-34;2*31-25-23-18-10-11-19-24(23)26(32)30-28(21-14-6-2-7-15-21)33(22-16-8-3-9-17-22)27(29(25)30)20-12-4-1-5-13-20;;;;;;/h1-28,43-46H,29-30H2;2*1-19,27-28H;2*1H3;2*1H;;/q;;;2*-1;;;2*+2/p+2/t43-,44+,45-,46?,55?,56?;2*27-,28-;;;;;;/m000....../s1. The van der Waals surface area contributed by atoms with Crippen molar-refractivity contribution in [2.24, 2.45) is 0 Å². The predicted molar refractivity (Wildman–Crippen MR) is 526 cm³/mol. The molecule has 0 bridgehead atoms. The zero-order chi connectivity index (χ0) is 85.3. The summed E-state index contributed by atoms with van der Waals surface area (Å²) in [6.45, 7) is 0. The molecule has 3 unspecified atom stereocenters. The fraction of sp³-hybridized carbons (Fsp3) is 0.0962. The van der Waals surface area contributed by atoms with Gasteiger partial charge in [-0.3, -0.25) is 38.4 Å². The van der Waals surface area contributed by atoms with Gasteiger partial charge in [0.1, 0.15) is 0 Å². The van der Waals surface area contributed by atoms with Gasteiger partial charge in [-0.2, -0.15) is 18.7 Å². The Morgan fingerprint density at radius 2 is 0.312 bits per heavy atom. The molecule has 0 aliphatic carbocycles. The average molecular weight is 2160 g/mol. The molecular formula is C104H88Cl2N8O8P4Pt2+4. The zero-order valence-corrected chi connectivity index (χ0v) is 79.4. The van der Waals surface area contributed by atoms with Crippen LogP contribution in [0.3, 0.4) is 0 Å². The molecule has 0 fully saturated rings. The molecule has 22 rings (SSSR count). The Labute approximate surface area is 773 Å². The van der Waals surface area contributed by atoms with Crippen molar-refractivity contribution in [1.82, 2.24) is 37.5 Å². The van der Waals surface area contributed by atoms with Crippen molar-refractivity contribution >= 4 is 104 Å². The van der Waals surface area contributed by atoms with Gasteiger partial charge in [0.05, 0.1) is 97.7 Å². The first-order valence-electron chi connectivity index (χ1n) is 41.3. The van der Waals surface area contributed by atoms with Crippen molar-refractivity contribution in [2.75, 3.05) is 12.3 Å². The Kier molecular flexibility index (Phi) is 27.8. The summed E-state index contributed by atoms with van der Waals surface area (Å²) < 4.78 is 14.0.